The monoisotopic (exact) mass is 338 g/mol. The average molecular weight is 338 g/mol. The van der Waals surface area contributed by atoms with Gasteiger partial charge in [-0.15, -0.1) is 0 Å². The van der Waals surface area contributed by atoms with Gasteiger partial charge in [0, 0.05) is 5.56 Å². The third-order valence-corrected chi connectivity index (χ3v) is 6.03. The summed E-state index contributed by atoms with van der Waals surface area (Å²) in [6.45, 7) is 0. The summed E-state index contributed by atoms with van der Waals surface area (Å²) >= 11 is 0. The molecule has 0 aliphatic heterocycles. The van der Waals surface area contributed by atoms with Gasteiger partial charge in [0.25, 0.3) is 0 Å². The quantitative estimate of drug-likeness (QED) is 0.659. The highest BCUT2D eigenvalue weighted by Gasteiger charge is 2.40. The molecule has 2 aromatic carbocycles. The number of hydrogen-bond acceptors (Lipinski definition) is 2. The van der Waals surface area contributed by atoms with Crippen molar-refractivity contribution < 1.29 is 13.9 Å². The van der Waals surface area contributed by atoms with E-state index in [9.17, 15) is 9.18 Å². The topological polar surface area (TPSA) is 26.3 Å². The van der Waals surface area contributed by atoms with Crippen LogP contribution in [0.25, 0.3) is 11.1 Å². The van der Waals surface area contributed by atoms with Crippen molar-refractivity contribution in [1.29, 1.82) is 0 Å². The Morgan fingerprint density at radius 3 is 2.32 bits per heavy atom. The van der Waals surface area contributed by atoms with E-state index in [0.717, 1.165) is 24.2 Å². The summed E-state index contributed by atoms with van der Waals surface area (Å²) in [5, 5.41) is 0. The molecule has 0 heterocycles. The maximum Gasteiger partial charge on any atom is 0.153 e. The summed E-state index contributed by atoms with van der Waals surface area (Å²) < 4.78 is 20.4. The molecule has 2 nitrogen and oxygen atoms in total. The van der Waals surface area contributed by atoms with Crippen molar-refractivity contribution in [3.8, 4) is 16.9 Å². The predicted molar refractivity (Wildman–Crippen MR) is 96.4 cm³/mol. The van der Waals surface area contributed by atoms with Crippen molar-refractivity contribution in [2.75, 3.05) is 0 Å². The maximum absolute atomic E-state index is 14.3. The molecule has 0 saturated heterocycles. The van der Waals surface area contributed by atoms with Gasteiger partial charge in [-0.3, -0.25) is 4.79 Å². The molecule has 3 heteroatoms. The average Bonchev–Trinajstić information content (AvgIpc) is 2.62. The second-order valence-electron chi connectivity index (χ2n) is 7.52. The van der Waals surface area contributed by atoms with Crippen LogP contribution in [0.2, 0.25) is 0 Å². The Morgan fingerprint density at radius 1 is 1.00 bits per heavy atom. The van der Waals surface area contributed by atoms with E-state index in [1.54, 1.807) is 12.1 Å². The Morgan fingerprint density at radius 2 is 1.72 bits per heavy atom. The van der Waals surface area contributed by atoms with Crippen LogP contribution in [-0.4, -0.2) is 12.4 Å². The normalized spacial score (nSPS) is 19.4. The molecule has 0 unspecified atom stereocenters. The van der Waals surface area contributed by atoms with Crippen molar-refractivity contribution in [1.82, 2.24) is 0 Å². The lowest BCUT2D eigenvalue weighted by Gasteiger charge is -2.46. The Bertz CT molecular complexity index is 752. The van der Waals surface area contributed by atoms with Gasteiger partial charge < -0.3 is 4.74 Å². The van der Waals surface area contributed by atoms with Gasteiger partial charge in [-0.1, -0.05) is 30.7 Å². The van der Waals surface area contributed by atoms with Gasteiger partial charge in [-0.25, -0.2) is 4.39 Å². The largest absolute Gasteiger partial charge is 0.490 e. The van der Waals surface area contributed by atoms with Crippen molar-refractivity contribution in [2.45, 2.75) is 51.0 Å². The zero-order valence-electron chi connectivity index (χ0n) is 14.3. The highest BCUT2D eigenvalue weighted by molar-refractivity contribution is 5.79. The van der Waals surface area contributed by atoms with Gasteiger partial charge in [0.15, 0.2) is 6.29 Å². The van der Waals surface area contributed by atoms with Crippen molar-refractivity contribution in [3.05, 3.63) is 53.8 Å². The first-order chi connectivity index (χ1) is 12.2. The number of benzene rings is 2. The van der Waals surface area contributed by atoms with Gasteiger partial charge in [-0.2, -0.15) is 0 Å². The highest BCUT2D eigenvalue weighted by Crippen LogP contribution is 2.51. The van der Waals surface area contributed by atoms with E-state index in [2.05, 4.69) is 0 Å². The fraction of sp³-hybridized carbons (Fsp3) is 0.409. The lowest BCUT2D eigenvalue weighted by molar-refractivity contribution is 0.0233. The predicted octanol–water partition coefficient (Wildman–Crippen LogP) is 5.80. The van der Waals surface area contributed by atoms with Crippen LogP contribution in [0.4, 0.5) is 4.39 Å². The number of hydrogen-bond donors (Lipinski definition) is 0. The molecular formula is C22H23FO2. The minimum atomic E-state index is -0.468. The standard InChI is InChI=1S/C22H23FO2/c23-21-17(15-24)3-1-4-20(21)16-5-7-18(8-6-16)25-19-9-13-22(14-10-19)11-2-12-22/h1,3-8,15,19H,2,9-14H2. The summed E-state index contributed by atoms with van der Waals surface area (Å²) in [5.74, 6) is 0.370. The molecule has 0 amide bonds. The van der Waals surface area contributed by atoms with E-state index < -0.39 is 5.82 Å². The zero-order chi connectivity index (χ0) is 17.3. The van der Waals surface area contributed by atoms with Crippen LogP contribution in [0, 0.1) is 11.2 Å². The van der Waals surface area contributed by atoms with E-state index in [0.29, 0.717) is 23.4 Å². The second-order valence-corrected chi connectivity index (χ2v) is 7.52. The van der Waals surface area contributed by atoms with Crippen LogP contribution in [0.5, 0.6) is 5.75 Å². The molecule has 0 radical (unpaired) electrons. The number of rotatable bonds is 4. The molecule has 2 aromatic rings. The first-order valence-electron chi connectivity index (χ1n) is 9.20. The number of carbonyl (C=O) groups excluding carboxylic acids is 1. The molecular weight excluding hydrogens is 315 g/mol. The SMILES string of the molecule is O=Cc1cccc(-c2ccc(OC3CCC4(CCC4)CC3)cc2)c1F. The van der Waals surface area contributed by atoms with Crippen molar-refractivity contribution in [3.63, 3.8) is 0 Å². The second kappa shape index (κ2) is 6.62. The molecule has 0 bridgehead atoms. The Balaban J connectivity index is 1.43. The van der Waals surface area contributed by atoms with Gasteiger partial charge in [0.05, 0.1) is 11.7 Å². The molecule has 25 heavy (non-hydrogen) atoms. The summed E-state index contributed by atoms with van der Waals surface area (Å²) in [6, 6.07) is 12.4. The lowest BCUT2D eigenvalue weighted by Crippen LogP contribution is -2.37. The minimum absolute atomic E-state index is 0.0879. The van der Waals surface area contributed by atoms with Crippen LogP contribution in [0.3, 0.4) is 0 Å². The number of carbonyl (C=O) groups is 1. The van der Waals surface area contributed by atoms with Crippen molar-refractivity contribution in [2.24, 2.45) is 5.41 Å². The fourth-order valence-electron chi connectivity index (χ4n) is 4.27. The maximum atomic E-state index is 14.3. The molecule has 2 fully saturated rings. The third kappa shape index (κ3) is 3.20. The van der Waals surface area contributed by atoms with E-state index in [1.807, 2.05) is 24.3 Å². The third-order valence-electron chi connectivity index (χ3n) is 6.03. The first-order valence-corrected chi connectivity index (χ1v) is 9.20. The smallest absolute Gasteiger partial charge is 0.153 e. The molecule has 1 spiro atoms. The number of aldehydes is 1. The Hall–Kier alpha value is -2.16. The highest BCUT2D eigenvalue weighted by atomic mass is 19.1. The Kier molecular flexibility index (Phi) is 4.32. The molecule has 4 rings (SSSR count). The molecule has 2 aliphatic rings. The lowest BCUT2D eigenvalue weighted by atomic mass is 9.60. The van der Waals surface area contributed by atoms with E-state index in [1.165, 1.54) is 38.2 Å². The van der Waals surface area contributed by atoms with Gasteiger partial charge in [0.1, 0.15) is 11.6 Å². The number of ether oxygens (including phenoxy) is 1. The zero-order valence-corrected chi connectivity index (χ0v) is 14.3. The molecule has 0 atom stereocenters. The van der Waals surface area contributed by atoms with Crippen LogP contribution in [0.15, 0.2) is 42.5 Å². The summed E-state index contributed by atoms with van der Waals surface area (Å²) in [7, 11) is 0. The van der Waals surface area contributed by atoms with E-state index >= 15 is 0 Å². The minimum Gasteiger partial charge on any atom is -0.490 e. The Labute approximate surface area is 148 Å². The van der Waals surface area contributed by atoms with Crippen LogP contribution in [-0.2, 0) is 0 Å². The summed E-state index contributed by atoms with van der Waals surface area (Å²) in [5.41, 5.74) is 1.93. The van der Waals surface area contributed by atoms with Crippen LogP contribution < -0.4 is 4.74 Å². The van der Waals surface area contributed by atoms with E-state index in [-0.39, 0.29) is 5.56 Å². The number of halogens is 1. The van der Waals surface area contributed by atoms with E-state index in [4.69, 9.17) is 4.74 Å². The summed E-state index contributed by atoms with van der Waals surface area (Å²) in [6.07, 6.45) is 9.91. The summed E-state index contributed by atoms with van der Waals surface area (Å²) in [4.78, 5) is 10.9. The van der Waals surface area contributed by atoms with Gasteiger partial charge in [-0.05, 0) is 67.7 Å². The van der Waals surface area contributed by atoms with Gasteiger partial charge in [0.2, 0.25) is 0 Å². The van der Waals surface area contributed by atoms with Crippen LogP contribution >= 0.6 is 0 Å². The first kappa shape index (κ1) is 16.3. The fourth-order valence-corrected chi connectivity index (χ4v) is 4.27. The molecule has 0 aromatic heterocycles. The molecule has 2 aliphatic carbocycles. The molecule has 0 N–H and O–H groups in total. The van der Waals surface area contributed by atoms with Crippen molar-refractivity contribution >= 4 is 6.29 Å². The van der Waals surface area contributed by atoms with Gasteiger partial charge >= 0.3 is 0 Å². The van der Waals surface area contributed by atoms with Crippen LogP contribution in [0.1, 0.15) is 55.3 Å². The molecule has 2 saturated carbocycles. The molecule has 130 valence electrons.